The van der Waals surface area contributed by atoms with Crippen LogP contribution in [0.2, 0.25) is 0 Å². The first-order chi connectivity index (χ1) is 5.11. The highest BCUT2D eigenvalue weighted by Crippen LogP contribution is 2.46. The molecule has 1 heterocycles. The van der Waals surface area contributed by atoms with Crippen molar-refractivity contribution in [2.24, 2.45) is 0 Å². The molecule has 0 radical (unpaired) electrons. The summed E-state index contributed by atoms with van der Waals surface area (Å²) < 4.78 is 18.7. The van der Waals surface area contributed by atoms with Crippen LogP contribution >= 0.6 is 21.9 Å². The van der Waals surface area contributed by atoms with Gasteiger partial charge in [0.15, 0.2) is 0 Å². The standard InChI is InChI=1S/C5H8O2S2.C2H6/c1-9(6,7)5-3-2-4-8-5;1-2/h2-4,6-7H,1H3;1-2H3. The van der Waals surface area contributed by atoms with Gasteiger partial charge >= 0.3 is 0 Å². The molecular formula is C7H14O2S2. The maximum absolute atomic E-state index is 9.03. The molecule has 0 aliphatic rings. The van der Waals surface area contributed by atoms with Gasteiger partial charge in [0.05, 0.1) is 0 Å². The number of hydrogen-bond donors (Lipinski definition) is 2. The van der Waals surface area contributed by atoms with Gasteiger partial charge < -0.3 is 0 Å². The SMILES string of the molecule is CC.CS(O)(O)c1cccs1. The monoisotopic (exact) mass is 194 g/mol. The summed E-state index contributed by atoms with van der Waals surface area (Å²) in [5.74, 6) is 0. The van der Waals surface area contributed by atoms with E-state index in [1.54, 1.807) is 12.1 Å². The molecule has 66 valence electrons. The predicted molar refractivity (Wildman–Crippen MR) is 52.7 cm³/mol. The summed E-state index contributed by atoms with van der Waals surface area (Å²) in [6.07, 6.45) is 1.43. The molecule has 11 heavy (non-hydrogen) atoms. The van der Waals surface area contributed by atoms with Crippen LogP contribution < -0.4 is 0 Å². The van der Waals surface area contributed by atoms with Gasteiger partial charge in [-0.15, -0.1) is 11.3 Å². The molecule has 0 spiro atoms. The molecule has 0 aliphatic heterocycles. The van der Waals surface area contributed by atoms with E-state index in [-0.39, 0.29) is 0 Å². The van der Waals surface area contributed by atoms with Crippen LogP contribution in [0.1, 0.15) is 13.8 Å². The first-order valence-electron chi connectivity index (χ1n) is 3.37. The molecule has 0 fully saturated rings. The molecule has 0 aromatic carbocycles. The Bertz CT molecular complexity index is 177. The van der Waals surface area contributed by atoms with Gasteiger partial charge in [-0.2, -0.15) is 10.6 Å². The van der Waals surface area contributed by atoms with Gasteiger partial charge in [0.2, 0.25) is 0 Å². The molecule has 0 amide bonds. The van der Waals surface area contributed by atoms with Gasteiger partial charge in [-0.25, -0.2) is 0 Å². The summed E-state index contributed by atoms with van der Waals surface area (Å²) in [6.45, 7) is 4.00. The summed E-state index contributed by atoms with van der Waals surface area (Å²) in [7, 11) is -2.44. The second-order valence-electron chi connectivity index (χ2n) is 1.77. The van der Waals surface area contributed by atoms with Crippen LogP contribution in [-0.2, 0) is 0 Å². The summed E-state index contributed by atoms with van der Waals surface area (Å²) >= 11 is 1.37. The number of thiophene rings is 1. The average molecular weight is 194 g/mol. The van der Waals surface area contributed by atoms with Crippen molar-refractivity contribution in [2.75, 3.05) is 6.26 Å². The highest BCUT2D eigenvalue weighted by atomic mass is 32.3. The molecule has 1 rings (SSSR count). The zero-order chi connectivity index (χ0) is 8.91. The molecule has 0 saturated heterocycles. The number of hydrogen-bond acceptors (Lipinski definition) is 3. The lowest BCUT2D eigenvalue weighted by Gasteiger charge is -2.24. The van der Waals surface area contributed by atoms with Crippen molar-refractivity contribution >= 4 is 21.9 Å². The zero-order valence-corrected chi connectivity index (χ0v) is 8.58. The summed E-state index contributed by atoms with van der Waals surface area (Å²) in [4.78, 5) is 0. The van der Waals surface area contributed by atoms with E-state index in [0.717, 1.165) is 0 Å². The lowest BCUT2D eigenvalue weighted by molar-refractivity contribution is 0.497. The van der Waals surface area contributed by atoms with E-state index in [1.807, 2.05) is 19.2 Å². The van der Waals surface area contributed by atoms with E-state index in [4.69, 9.17) is 9.11 Å². The minimum Gasteiger partial charge on any atom is -0.294 e. The summed E-state index contributed by atoms with van der Waals surface area (Å²) in [5, 5.41) is 1.83. The third-order valence-electron chi connectivity index (χ3n) is 0.876. The Morgan fingerprint density at radius 1 is 1.36 bits per heavy atom. The largest absolute Gasteiger partial charge is 0.294 e. The summed E-state index contributed by atoms with van der Waals surface area (Å²) in [5.41, 5.74) is 0. The highest BCUT2D eigenvalue weighted by molar-refractivity contribution is 8.25. The van der Waals surface area contributed by atoms with Gasteiger partial charge in [-0.05, 0) is 17.5 Å². The van der Waals surface area contributed by atoms with E-state index in [0.29, 0.717) is 4.21 Å². The van der Waals surface area contributed by atoms with Gasteiger partial charge in [-0.3, -0.25) is 9.11 Å². The van der Waals surface area contributed by atoms with Crippen molar-refractivity contribution in [1.82, 2.24) is 0 Å². The second-order valence-corrected chi connectivity index (χ2v) is 5.08. The van der Waals surface area contributed by atoms with Crippen LogP contribution in [0, 0.1) is 0 Å². The Kier molecular flexibility index (Phi) is 4.76. The number of rotatable bonds is 1. The van der Waals surface area contributed by atoms with Gasteiger partial charge in [0.1, 0.15) is 4.21 Å². The smallest absolute Gasteiger partial charge is 0.110 e. The Balaban J connectivity index is 0.000000461. The Labute approximate surface area is 73.2 Å². The lowest BCUT2D eigenvalue weighted by Crippen LogP contribution is -1.89. The molecule has 1 aromatic heterocycles. The molecule has 2 nitrogen and oxygen atoms in total. The first kappa shape index (κ1) is 11.0. The van der Waals surface area contributed by atoms with Crippen molar-refractivity contribution in [3.05, 3.63) is 17.5 Å². The van der Waals surface area contributed by atoms with E-state index in [1.165, 1.54) is 17.6 Å². The third-order valence-corrected chi connectivity index (χ3v) is 3.67. The average Bonchev–Trinajstić information content (AvgIpc) is 2.40. The van der Waals surface area contributed by atoms with Crippen molar-refractivity contribution in [2.45, 2.75) is 18.1 Å². The van der Waals surface area contributed by atoms with Crippen molar-refractivity contribution in [1.29, 1.82) is 0 Å². The van der Waals surface area contributed by atoms with Crippen molar-refractivity contribution in [3.8, 4) is 0 Å². The van der Waals surface area contributed by atoms with Crippen LogP contribution in [-0.4, -0.2) is 15.4 Å². The lowest BCUT2D eigenvalue weighted by atomic mass is 10.7. The van der Waals surface area contributed by atoms with Crippen LogP contribution in [0.25, 0.3) is 0 Å². The van der Waals surface area contributed by atoms with Gasteiger partial charge in [0, 0.05) is 6.26 Å². The Morgan fingerprint density at radius 2 is 1.91 bits per heavy atom. The van der Waals surface area contributed by atoms with Gasteiger partial charge in [-0.1, -0.05) is 13.8 Å². The Morgan fingerprint density at radius 3 is 2.09 bits per heavy atom. The quantitative estimate of drug-likeness (QED) is 0.718. The van der Waals surface area contributed by atoms with Crippen molar-refractivity contribution in [3.63, 3.8) is 0 Å². The highest BCUT2D eigenvalue weighted by Gasteiger charge is 2.07. The fraction of sp³-hybridized carbons (Fsp3) is 0.429. The minimum atomic E-state index is -2.44. The molecular weight excluding hydrogens is 180 g/mol. The van der Waals surface area contributed by atoms with Crippen LogP contribution in [0.4, 0.5) is 0 Å². The van der Waals surface area contributed by atoms with Gasteiger partial charge in [0.25, 0.3) is 0 Å². The molecule has 4 heteroatoms. The maximum Gasteiger partial charge on any atom is 0.110 e. The summed E-state index contributed by atoms with van der Waals surface area (Å²) in [6, 6.07) is 3.53. The molecule has 2 N–H and O–H groups in total. The predicted octanol–water partition coefficient (Wildman–Crippen LogP) is 3.51. The fourth-order valence-electron chi connectivity index (χ4n) is 0.484. The van der Waals surface area contributed by atoms with Crippen LogP contribution in [0.5, 0.6) is 0 Å². The molecule has 0 saturated carbocycles. The second kappa shape index (κ2) is 4.77. The third kappa shape index (κ3) is 3.76. The van der Waals surface area contributed by atoms with E-state index >= 15 is 0 Å². The van der Waals surface area contributed by atoms with E-state index in [9.17, 15) is 0 Å². The minimum absolute atomic E-state index is 0.655. The molecule has 0 atom stereocenters. The van der Waals surface area contributed by atoms with Crippen molar-refractivity contribution < 1.29 is 9.11 Å². The van der Waals surface area contributed by atoms with E-state index < -0.39 is 10.6 Å². The normalized spacial score (nSPS) is 11.7. The van der Waals surface area contributed by atoms with E-state index in [2.05, 4.69) is 0 Å². The maximum atomic E-state index is 9.03. The van der Waals surface area contributed by atoms with Crippen LogP contribution in [0.15, 0.2) is 21.7 Å². The zero-order valence-electron chi connectivity index (χ0n) is 6.94. The molecule has 1 aromatic rings. The topological polar surface area (TPSA) is 40.5 Å². The van der Waals surface area contributed by atoms with Crippen LogP contribution in [0.3, 0.4) is 0 Å². The fourth-order valence-corrected chi connectivity index (χ4v) is 2.16. The molecule has 0 aliphatic carbocycles. The Hall–Kier alpha value is -0.0300. The molecule has 0 bridgehead atoms. The molecule has 0 unspecified atom stereocenters. The first-order valence-corrected chi connectivity index (χ1v) is 6.21.